The molecule has 2 heteroatoms. The Hall–Kier alpha value is -1.28. The van der Waals surface area contributed by atoms with Gasteiger partial charge in [-0.05, 0) is 32.1 Å². The van der Waals surface area contributed by atoms with Crippen molar-refractivity contribution >= 4 is 0 Å². The van der Waals surface area contributed by atoms with Gasteiger partial charge >= 0.3 is 0 Å². The largest absolute Gasteiger partial charge is 0.197 e. The van der Waals surface area contributed by atoms with Crippen LogP contribution >= 0.6 is 0 Å². The molecule has 15 heavy (non-hydrogen) atoms. The van der Waals surface area contributed by atoms with Crippen molar-refractivity contribution in [3.8, 4) is 12.1 Å². The Bertz CT molecular complexity index is 340. The summed E-state index contributed by atoms with van der Waals surface area (Å²) in [6.45, 7) is 0. The zero-order chi connectivity index (χ0) is 10.7. The summed E-state index contributed by atoms with van der Waals surface area (Å²) in [6.07, 6.45) is 9.63. The van der Waals surface area contributed by atoms with E-state index >= 15 is 0 Å². The molecule has 78 valence electrons. The predicted molar refractivity (Wildman–Crippen MR) is 57.6 cm³/mol. The van der Waals surface area contributed by atoms with Crippen molar-refractivity contribution in [1.29, 1.82) is 10.5 Å². The Morgan fingerprint density at radius 3 is 2.73 bits per heavy atom. The van der Waals surface area contributed by atoms with E-state index in [1.54, 1.807) is 0 Å². The molecule has 2 nitrogen and oxygen atoms in total. The van der Waals surface area contributed by atoms with E-state index in [4.69, 9.17) is 0 Å². The van der Waals surface area contributed by atoms with Gasteiger partial charge in [-0.3, -0.25) is 0 Å². The maximum absolute atomic E-state index is 9.31. The van der Waals surface area contributed by atoms with Crippen LogP contribution in [0.5, 0.6) is 0 Å². The fourth-order valence-corrected chi connectivity index (χ4v) is 2.98. The van der Waals surface area contributed by atoms with Crippen LogP contribution in [0.3, 0.4) is 0 Å². The third-order valence-electron chi connectivity index (χ3n) is 3.84. The molecule has 1 unspecified atom stereocenters. The van der Waals surface area contributed by atoms with E-state index in [2.05, 4.69) is 18.2 Å². The fraction of sp³-hybridized carbons (Fsp3) is 0.692. The van der Waals surface area contributed by atoms with Crippen LogP contribution in [-0.4, -0.2) is 0 Å². The van der Waals surface area contributed by atoms with Crippen molar-refractivity contribution in [3.63, 3.8) is 0 Å². The summed E-state index contributed by atoms with van der Waals surface area (Å²) in [6, 6.07) is 4.61. The molecule has 2 aliphatic rings. The van der Waals surface area contributed by atoms with Crippen molar-refractivity contribution in [2.45, 2.75) is 44.9 Å². The van der Waals surface area contributed by atoms with Gasteiger partial charge in [0, 0.05) is 5.92 Å². The predicted octanol–water partition coefficient (Wildman–Crippen LogP) is 3.32. The van der Waals surface area contributed by atoms with Crippen LogP contribution in [0.2, 0.25) is 0 Å². The monoisotopic (exact) mass is 200 g/mol. The number of hydrogen-bond donors (Lipinski definition) is 0. The van der Waals surface area contributed by atoms with E-state index in [9.17, 15) is 10.5 Å². The van der Waals surface area contributed by atoms with Gasteiger partial charge in [-0.25, -0.2) is 0 Å². The average molecular weight is 200 g/mol. The van der Waals surface area contributed by atoms with Gasteiger partial charge in [0.15, 0.2) is 0 Å². The second-order valence-electron chi connectivity index (χ2n) is 4.66. The Morgan fingerprint density at radius 1 is 1.20 bits per heavy atom. The van der Waals surface area contributed by atoms with Crippen molar-refractivity contribution in [2.24, 2.45) is 11.3 Å². The standard InChI is InChI=1S/C13H16N2/c14-9-13(10-15)8-3-1-2-5-11-6-4-7-12(11)13/h6,12H,1-5,7-8H2. The summed E-state index contributed by atoms with van der Waals surface area (Å²) < 4.78 is 0. The first-order valence-corrected chi connectivity index (χ1v) is 5.84. The van der Waals surface area contributed by atoms with Gasteiger partial charge in [0.05, 0.1) is 12.1 Å². The minimum absolute atomic E-state index is 0.229. The summed E-state index contributed by atoms with van der Waals surface area (Å²) in [4.78, 5) is 0. The topological polar surface area (TPSA) is 47.6 Å². The van der Waals surface area contributed by atoms with Crippen molar-refractivity contribution in [2.75, 3.05) is 0 Å². The van der Waals surface area contributed by atoms with Crippen LogP contribution in [0.25, 0.3) is 0 Å². The SMILES string of the molecule is N#CC1(C#N)CCCCCC2=CCCC21. The molecule has 1 fully saturated rings. The first-order valence-electron chi connectivity index (χ1n) is 5.84. The first kappa shape index (κ1) is 10.2. The number of hydrogen-bond acceptors (Lipinski definition) is 2. The second-order valence-corrected chi connectivity index (χ2v) is 4.66. The molecule has 2 aliphatic carbocycles. The quantitative estimate of drug-likeness (QED) is 0.563. The zero-order valence-electron chi connectivity index (χ0n) is 9.00. The van der Waals surface area contributed by atoms with Crippen molar-refractivity contribution in [1.82, 2.24) is 0 Å². The molecule has 0 spiro atoms. The molecule has 1 saturated carbocycles. The number of nitriles is 2. The third kappa shape index (κ3) is 1.65. The van der Waals surface area contributed by atoms with Gasteiger partial charge < -0.3 is 0 Å². The molecule has 0 aromatic carbocycles. The molecule has 0 amide bonds. The smallest absolute Gasteiger partial charge is 0.150 e. The molecule has 0 radical (unpaired) electrons. The summed E-state index contributed by atoms with van der Waals surface area (Å²) >= 11 is 0. The number of nitrogens with zero attached hydrogens (tertiary/aromatic N) is 2. The van der Waals surface area contributed by atoms with Crippen LogP contribution in [0.1, 0.15) is 44.9 Å². The molecule has 1 atom stereocenters. The van der Waals surface area contributed by atoms with Crippen molar-refractivity contribution in [3.05, 3.63) is 11.6 Å². The fourth-order valence-electron chi connectivity index (χ4n) is 2.98. The van der Waals surface area contributed by atoms with E-state index < -0.39 is 5.41 Å². The minimum Gasteiger partial charge on any atom is -0.197 e. The molecule has 2 rings (SSSR count). The molecular formula is C13H16N2. The molecule has 0 saturated heterocycles. The lowest BCUT2D eigenvalue weighted by Gasteiger charge is -2.30. The Kier molecular flexibility index (Phi) is 2.78. The van der Waals surface area contributed by atoms with E-state index in [-0.39, 0.29) is 5.92 Å². The molecule has 0 aliphatic heterocycles. The zero-order valence-corrected chi connectivity index (χ0v) is 9.00. The molecular weight excluding hydrogens is 184 g/mol. The van der Waals surface area contributed by atoms with E-state index in [0.29, 0.717) is 0 Å². The van der Waals surface area contributed by atoms with Crippen molar-refractivity contribution < 1.29 is 0 Å². The third-order valence-corrected chi connectivity index (χ3v) is 3.84. The highest BCUT2D eigenvalue weighted by Gasteiger charge is 2.42. The van der Waals surface area contributed by atoms with Gasteiger partial charge in [0.1, 0.15) is 5.41 Å². The summed E-state index contributed by atoms with van der Waals surface area (Å²) in [5, 5.41) is 18.6. The highest BCUT2D eigenvalue weighted by atomic mass is 14.5. The summed E-state index contributed by atoms with van der Waals surface area (Å²) in [5.41, 5.74) is 0.667. The van der Waals surface area contributed by atoms with Gasteiger partial charge in [0.2, 0.25) is 0 Å². The van der Waals surface area contributed by atoms with Gasteiger partial charge in [-0.2, -0.15) is 10.5 Å². The van der Waals surface area contributed by atoms with Gasteiger partial charge in [-0.15, -0.1) is 0 Å². The highest BCUT2D eigenvalue weighted by molar-refractivity contribution is 5.28. The van der Waals surface area contributed by atoms with Gasteiger partial charge in [0.25, 0.3) is 0 Å². The average Bonchev–Trinajstić information content (AvgIpc) is 2.69. The number of allylic oxidation sites excluding steroid dienone is 2. The molecule has 0 aromatic heterocycles. The van der Waals surface area contributed by atoms with Crippen LogP contribution < -0.4 is 0 Å². The van der Waals surface area contributed by atoms with Gasteiger partial charge in [-0.1, -0.05) is 24.5 Å². The lowest BCUT2D eigenvalue weighted by atomic mass is 9.69. The van der Waals surface area contributed by atoms with E-state index in [1.807, 2.05) is 0 Å². The summed E-state index contributed by atoms with van der Waals surface area (Å²) in [7, 11) is 0. The summed E-state index contributed by atoms with van der Waals surface area (Å²) in [5.74, 6) is 0.229. The van der Waals surface area contributed by atoms with E-state index in [1.165, 1.54) is 12.0 Å². The molecule has 0 heterocycles. The van der Waals surface area contributed by atoms with Crippen LogP contribution in [0.15, 0.2) is 11.6 Å². The molecule has 0 N–H and O–H groups in total. The van der Waals surface area contributed by atoms with Crippen LogP contribution in [0.4, 0.5) is 0 Å². The Balaban J connectivity index is 2.32. The lowest BCUT2D eigenvalue weighted by molar-refractivity contribution is 0.303. The second kappa shape index (κ2) is 4.07. The minimum atomic E-state index is -0.719. The first-order chi connectivity index (χ1) is 7.32. The highest BCUT2D eigenvalue weighted by Crippen LogP contribution is 2.46. The molecule has 0 bridgehead atoms. The maximum Gasteiger partial charge on any atom is 0.150 e. The normalized spacial score (nSPS) is 28.9. The van der Waals surface area contributed by atoms with Crippen LogP contribution in [0, 0.1) is 34.0 Å². The number of rotatable bonds is 0. The Morgan fingerprint density at radius 2 is 2.00 bits per heavy atom. The van der Waals surface area contributed by atoms with E-state index in [0.717, 1.165) is 38.5 Å². The Labute approximate surface area is 91.2 Å². The van der Waals surface area contributed by atoms with Crippen LogP contribution in [-0.2, 0) is 0 Å². The molecule has 0 aromatic rings. The maximum atomic E-state index is 9.31. The number of fused-ring (bicyclic) bond motifs is 1. The lowest BCUT2D eigenvalue weighted by Crippen LogP contribution is -2.28.